The topological polar surface area (TPSA) is 62.6 Å². The fourth-order valence-corrected chi connectivity index (χ4v) is 2.56. The number of piperazine rings is 1. The molecule has 1 aromatic rings. The van der Waals surface area contributed by atoms with Crippen LogP contribution in [0.3, 0.4) is 0 Å². The number of rotatable bonds is 6. The van der Waals surface area contributed by atoms with E-state index in [1.807, 2.05) is 25.1 Å². The van der Waals surface area contributed by atoms with E-state index in [1.54, 1.807) is 0 Å². The van der Waals surface area contributed by atoms with E-state index in [2.05, 4.69) is 22.8 Å². The summed E-state index contributed by atoms with van der Waals surface area (Å²) < 4.78 is 0. The first-order chi connectivity index (χ1) is 10.1. The van der Waals surface area contributed by atoms with Crippen LogP contribution < -0.4 is 15.5 Å². The van der Waals surface area contributed by atoms with Gasteiger partial charge in [-0.15, -0.1) is 0 Å². The van der Waals surface area contributed by atoms with Crippen molar-refractivity contribution >= 4 is 11.8 Å². The summed E-state index contributed by atoms with van der Waals surface area (Å²) in [4.78, 5) is 24.3. The van der Waals surface area contributed by atoms with Gasteiger partial charge in [-0.25, -0.2) is 0 Å². The predicted octanol–water partition coefficient (Wildman–Crippen LogP) is -0.861. The maximum atomic E-state index is 12.0. The summed E-state index contributed by atoms with van der Waals surface area (Å²) in [5.41, 5.74) is 1.29. The van der Waals surface area contributed by atoms with Crippen LogP contribution in [-0.4, -0.2) is 44.0 Å². The molecule has 1 unspecified atom stereocenters. The largest absolute Gasteiger partial charge is 0.349 e. The molecule has 21 heavy (non-hydrogen) atoms. The van der Waals surface area contributed by atoms with Crippen LogP contribution in [0.15, 0.2) is 30.3 Å². The van der Waals surface area contributed by atoms with Crippen LogP contribution in [0, 0.1) is 0 Å². The van der Waals surface area contributed by atoms with Gasteiger partial charge < -0.3 is 15.5 Å². The molecule has 1 aliphatic rings. The highest BCUT2D eigenvalue weighted by Crippen LogP contribution is 2.04. The number of carbonyl (C=O) groups is 2. The summed E-state index contributed by atoms with van der Waals surface area (Å²) in [5.74, 6) is 0.0569. The highest BCUT2D eigenvalue weighted by Gasteiger charge is 2.22. The standard InChI is InChI=1S/C16H23N3O2/c1-13(7-8-14-5-3-2-4-6-14)18-16(21)12-19-10-9-17-15(20)11-19/h2-6,13H,7-12H2,1H3,(H,17,20)(H,18,21)/p+1/t13-/m0/s1. The predicted molar refractivity (Wildman–Crippen MR) is 80.9 cm³/mol. The summed E-state index contributed by atoms with van der Waals surface area (Å²) >= 11 is 0. The molecular weight excluding hydrogens is 266 g/mol. The molecule has 0 spiro atoms. The van der Waals surface area contributed by atoms with Crippen molar-refractivity contribution in [3.05, 3.63) is 35.9 Å². The van der Waals surface area contributed by atoms with Crippen LogP contribution in [0.4, 0.5) is 0 Å². The number of hydrogen-bond donors (Lipinski definition) is 3. The minimum Gasteiger partial charge on any atom is -0.349 e. The fraction of sp³-hybridized carbons (Fsp3) is 0.500. The van der Waals surface area contributed by atoms with Crippen LogP contribution in [0.1, 0.15) is 18.9 Å². The van der Waals surface area contributed by atoms with Crippen molar-refractivity contribution < 1.29 is 14.5 Å². The number of benzene rings is 1. The number of hydrogen-bond acceptors (Lipinski definition) is 2. The second-order valence-electron chi connectivity index (χ2n) is 5.70. The lowest BCUT2D eigenvalue weighted by Gasteiger charge is -2.23. The molecule has 1 aliphatic heterocycles. The molecule has 114 valence electrons. The smallest absolute Gasteiger partial charge is 0.275 e. The third-order valence-electron chi connectivity index (χ3n) is 3.74. The average molecular weight is 290 g/mol. The molecule has 1 aromatic carbocycles. The summed E-state index contributed by atoms with van der Waals surface area (Å²) in [5, 5.41) is 5.79. The average Bonchev–Trinajstić information content (AvgIpc) is 2.46. The SMILES string of the molecule is C[C@@H](CCc1ccccc1)NC(=O)C[NH+]1CCNC(=O)C1. The third-order valence-corrected chi connectivity index (χ3v) is 3.74. The highest BCUT2D eigenvalue weighted by molar-refractivity contribution is 5.79. The summed E-state index contributed by atoms with van der Waals surface area (Å²) in [7, 11) is 0. The number of amides is 2. The fourth-order valence-electron chi connectivity index (χ4n) is 2.56. The maximum Gasteiger partial charge on any atom is 0.275 e. The van der Waals surface area contributed by atoms with Gasteiger partial charge in [0.05, 0.1) is 13.1 Å². The van der Waals surface area contributed by atoms with Crippen LogP contribution in [0.25, 0.3) is 0 Å². The molecule has 0 aromatic heterocycles. The first-order valence-corrected chi connectivity index (χ1v) is 7.57. The maximum absolute atomic E-state index is 12.0. The van der Waals surface area contributed by atoms with E-state index in [4.69, 9.17) is 0 Å². The van der Waals surface area contributed by atoms with Crippen LogP contribution >= 0.6 is 0 Å². The van der Waals surface area contributed by atoms with E-state index in [0.717, 1.165) is 24.3 Å². The van der Waals surface area contributed by atoms with Crippen molar-refractivity contribution in [3.63, 3.8) is 0 Å². The minimum atomic E-state index is 0.0280. The molecule has 5 nitrogen and oxygen atoms in total. The Balaban J connectivity index is 1.68. The van der Waals surface area contributed by atoms with Crippen molar-refractivity contribution in [1.82, 2.24) is 10.6 Å². The normalized spacial score (nSPS) is 19.7. The summed E-state index contributed by atoms with van der Waals surface area (Å²) in [6.07, 6.45) is 1.88. The lowest BCUT2D eigenvalue weighted by molar-refractivity contribution is -0.885. The van der Waals surface area contributed by atoms with Gasteiger partial charge in [0.15, 0.2) is 13.1 Å². The first-order valence-electron chi connectivity index (χ1n) is 7.57. The monoisotopic (exact) mass is 290 g/mol. The Bertz CT molecular complexity index is 476. The Morgan fingerprint density at radius 1 is 1.38 bits per heavy atom. The zero-order chi connectivity index (χ0) is 15.1. The number of carbonyl (C=O) groups excluding carboxylic acids is 2. The van der Waals surface area contributed by atoms with Crippen molar-refractivity contribution in [2.24, 2.45) is 0 Å². The van der Waals surface area contributed by atoms with Gasteiger partial charge in [-0.3, -0.25) is 9.59 Å². The van der Waals surface area contributed by atoms with Crippen LogP contribution in [-0.2, 0) is 16.0 Å². The number of nitrogens with one attached hydrogen (secondary N) is 3. The molecule has 2 amide bonds. The van der Waals surface area contributed by atoms with Gasteiger partial charge in [0.2, 0.25) is 0 Å². The molecule has 0 saturated carbocycles. The molecule has 0 bridgehead atoms. The molecule has 2 rings (SSSR count). The molecule has 1 saturated heterocycles. The van der Waals surface area contributed by atoms with Gasteiger partial charge in [-0.1, -0.05) is 30.3 Å². The lowest BCUT2D eigenvalue weighted by atomic mass is 10.1. The molecule has 3 N–H and O–H groups in total. The van der Waals surface area contributed by atoms with E-state index in [9.17, 15) is 9.59 Å². The molecule has 2 atom stereocenters. The van der Waals surface area contributed by atoms with Gasteiger partial charge in [-0.2, -0.15) is 0 Å². The Morgan fingerprint density at radius 3 is 2.86 bits per heavy atom. The highest BCUT2D eigenvalue weighted by atomic mass is 16.2. The van der Waals surface area contributed by atoms with Crippen LogP contribution in [0.2, 0.25) is 0 Å². The minimum absolute atomic E-state index is 0.0280. The van der Waals surface area contributed by atoms with E-state index in [-0.39, 0.29) is 17.9 Å². The summed E-state index contributed by atoms with van der Waals surface area (Å²) in [6.45, 7) is 4.27. The second-order valence-corrected chi connectivity index (χ2v) is 5.70. The third kappa shape index (κ3) is 5.55. The second kappa shape index (κ2) is 7.78. The van der Waals surface area contributed by atoms with E-state index in [0.29, 0.717) is 19.6 Å². The molecule has 0 aliphatic carbocycles. The molecule has 0 radical (unpaired) electrons. The van der Waals surface area contributed by atoms with Gasteiger partial charge in [-0.05, 0) is 25.3 Å². The zero-order valence-electron chi connectivity index (χ0n) is 12.5. The van der Waals surface area contributed by atoms with E-state index >= 15 is 0 Å². The van der Waals surface area contributed by atoms with Crippen molar-refractivity contribution in [2.75, 3.05) is 26.2 Å². The number of aryl methyl sites for hydroxylation is 1. The first kappa shape index (κ1) is 15.5. The Labute approximate surface area is 125 Å². The Kier molecular flexibility index (Phi) is 5.75. The number of quaternary nitrogens is 1. The van der Waals surface area contributed by atoms with Gasteiger partial charge in [0.1, 0.15) is 0 Å². The van der Waals surface area contributed by atoms with Gasteiger partial charge in [0, 0.05) is 6.04 Å². The van der Waals surface area contributed by atoms with E-state index < -0.39 is 0 Å². The van der Waals surface area contributed by atoms with Crippen molar-refractivity contribution in [3.8, 4) is 0 Å². The Morgan fingerprint density at radius 2 is 2.14 bits per heavy atom. The Hall–Kier alpha value is -1.88. The molecule has 1 fully saturated rings. The van der Waals surface area contributed by atoms with Crippen molar-refractivity contribution in [2.45, 2.75) is 25.8 Å². The summed E-state index contributed by atoms with van der Waals surface area (Å²) in [6, 6.07) is 10.4. The van der Waals surface area contributed by atoms with E-state index in [1.165, 1.54) is 5.56 Å². The van der Waals surface area contributed by atoms with Gasteiger partial charge >= 0.3 is 0 Å². The quantitative estimate of drug-likeness (QED) is 0.638. The molecule has 5 heteroatoms. The molecule has 1 heterocycles. The van der Waals surface area contributed by atoms with Crippen molar-refractivity contribution in [1.29, 1.82) is 0 Å². The van der Waals surface area contributed by atoms with Crippen LogP contribution in [0.5, 0.6) is 0 Å². The molecular formula is C16H24N3O2+. The zero-order valence-corrected chi connectivity index (χ0v) is 12.5. The lowest BCUT2D eigenvalue weighted by Crippen LogP contribution is -3.16. The van der Waals surface area contributed by atoms with Gasteiger partial charge in [0.25, 0.3) is 11.8 Å².